The zero-order chi connectivity index (χ0) is 12.0. The molecular formula is C12H19NO2S. The van der Waals surface area contributed by atoms with Crippen LogP contribution in [0.15, 0.2) is 12.1 Å². The van der Waals surface area contributed by atoms with Gasteiger partial charge >= 0.3 is 0 Å². The fourth-order valence-electron chi connectivity index (χ4n) is 1.52. The number of rotatable bonds is 6. The molecule has 4 heteroatoms. The molecule has 0 heterocycles. The molecule has 0 unspecified atom stereocenters. The van der Waals surface area contributed by atoms with Gasteiger partial charge in [0.2, 0.25) is 0 Å². The minimum Gasteiger partial charge on any atom is -0.493 e. The van der Waals surface area contributed by atoms with Crippen molar-refractivity contribution in [1.82, 2.24) is 5.32 Å². The Morgan fingerprint density at radius 1 is 1.19 bits per heavy atom. The second-order valence-electron chi connectivity index (χ2n) is 3.53. The Hall–Kier alpha value is -0.870. The van der Waals surface area contributed by atoms with E-state index in [4.69, 9.17) is 9.47 Å². The van der Waals surface area contributed by atoms with Gasteiger partial charge in [-0.3, -0.25) is 0 Å². The molecule has 1 rings (SSSR count). The van der Waals surface area contributed by atoms with Gasteiger partial charge in [-0.05, 0) is 30.2 Å². The Morgan fingerprint density at radius 2 is 1.81 bits per heavy atom. The quantitative estimate of drug-likeness (QED) is 0.590. The lowest BCUT2D eigenvalue weighted by Crippen LogP contribution is -2.16. The number of nitrogens with one attached hydrogen (secondary N) is 1. The first-order valence-corrected chi connectivity index (χ1v) is 5.89. The number of thiol groups is 1. The minimum atomic E-state index is 0.774. The van der Waals surface area contributed by atoms with Crippen molar-refractivity contribution < 1.29 is 9.47 Å². The van der Waals surface area contributed by atoms with Crippen LogP contribution in [0, 0.1) is 6.92 Å². The molecule has 0 radical (unpaired) electrons. The standard InChI is InChI=1S/C12H19NO2S/c1-9-6-11(14-2)12(15-3)7-10(9)8-13-4-5-16/h6-7,13,16H,4-5,8H2,1-3H3. The first-order valence-electron chi connectivity index (χ1n) is 5.26. The topological polar surface area (TPSA) is 30.5 Å². The number of hydrogen-bond donors (Lipinski definition) is 2. The zero-order valence-corrected chi connectivity index (χ0v) is 10.9. The van der Waals surface area contributed by atoms with E-state index in [1.54, 1.807) is 14.2 Å². The van der Waals surface area contributed by atoms with Gasteiger partial charge in [0.05, 0.1) is 14.2 Å². The monoisotopic (exact) mass is 241 g/mol. The van der Waals surface area contributed by atoms with E-state index in [1.807, 2.05) is 12.1 Å². The molecule has 1 N–H and O–H groups in total. The highest BCUT2D eigenvalue weighted by atomic mass is 32.1. The summed E-state index contributed by atoms with van der Waals surface area (Å²) < 4.78 is 10.5. The summed E-state index contributed by atoms with van der Waals surface area (Å²) in [5.41, 5.74) is 2.42. The van der Waals surface area contributed by atoms with E-state index in [0.717, 1.165) is 30.3 Å². The number of ether oxygens (including phenoxy) is 2. The van der Waals surface area contributed by atoms with E-state index in [2.05, 4.69) is 24.9 Å². The molecule has 16 heavy (non-hydrogen) atoms. The molecule has 0 aliphatic rings. The predicted molar refractivity (Wildman–Crippen MR) is 69.8 cm³/mol. The van der Waals surface area contributed by atoms with Crippen molar-refractivity contribution in [3.8, 4) is 11.5 Å². The Labute approximate surface area is 103 Å². The third-order valence-electron chi connectivity index (χ3n) is 2.45. The third-order valence-corrected chi connectivity index (χ3v) is 2.67. The highest BCUT2D eigenvalue weighted by Crippen LogP contribution is 2.30. The Kier molecular flexibility index (Phi) is 5.49. The van der Waals surface area contributed by atoms with Crippen LogP contribution in [0.2, 0.25) is 0 Å². The van der Waals surface area contributed by atoms with Crippen LogP contribution in [0.3, 0.4) is 0 Å². The summed E-state index contributed by atoms with van der Waals surface area (Å²) in [6.07, 6.45) is 0. The van der Waals surface area contributed by atoms with Gasteiger partial charge in [-0.1, -0.05) is 0 Å². The van der Waals surface area contributed by atoms with Crippen LogP contribution in [-0.4, -0.2) is 26.5 Å². The lowest BCUT2D eigenvalue weighted by molar-refractivity contribution is 0.354. The second-order valence-corrected chi connectivity index (χ2v) is 3.98. The highest BCUT2D eigenvalue weighted by Gasteiger charge is 2.07. The Morgan fingerprint density at radius 3 is 2.38 bits per heavy atom. The summed E-state index contributed by atoms with van der Waals surface area (Å²) in [4.78, 5) is 0. The molecule has 0 aliphatic carbocycles. The van der Waals surface area contributed by atoms with E-state index in [-0.39, 0.29) is 0 Å². The lowest BCUT2D eigenvalue weighted by Gasteiger charge is -2.13. The van der Waals surface area contributed by atoms with Gasteiger partial charge in [-0.15, -0.1) is 0 Å². The molecule has 0 aliphatic heterocycles. The third kappa shape index (κ3) is 3.32. The van der Waals surface area contributed by atoms with Crippen molar-refractivity contribution in [2.75, 3.05) is 26.5 Å². The molecule has 0 aromatic heterocycles. The largest absolute Gasteiger partial charge is 0.493 e. The molecule has 3 nitrogen and oxygen atoms in total. The zero-order valence-electron chi connectivity index (χ0n) is 10.0. The first-order chi connectivity index (χ1) is 7.72. The summed E-state index contributed by atoms with van der Waals surface area (Å²) in [5, 5.41) is 3.31. The summed E-state index contributed by atoms with van der Waals surface area (Å²) in [7, 11) is 3.30. The van der Waals surface area contributed by atoms with Gasteiger partial charge in [0.25, 0.3) is 0 Å². The molecule has 0 spiro atoms. The number of benzene rings is 1. The van der Waals surface area contributed by atoms with Crippen LogP contribution in [0.4, 0.5) is 0 Å². The molecule has 0 fully saturated rings. The summed E-state index contributed by atoms with van der Waals surface area (Å²) >= 11 is 4.16. The second kappa shape index (κ2) is 6.66. The van der Waals surface area contributed by atoms with E-state index in [1.165, 1.54) is 11.1 Å². The van der Waals surface area contributed by atoms with Gasteiger partial charge in [0.1, 0.15) is 0 Å². The fourth-order valence-corrected chi connectivity index (χ4v) is 1.67. The normalized spacial score (nSPS) is 10.2. The van der Waals surface area contributed by atoms with Gasteiger partial charge in [0.15, 0.2) is 11.5 Å². The fraction of sp³-hybridized carbons (Fsp3) is 0.500. The molecule has 0 saturated carbocycles. The smallest absolute Gasteiger partial charge is 0.161 e. The SMILES string of the molecule is COc1cc(C)c(CNCCS)cc1OC. The van der Waals surface area contributed by atoms with Crippen molar-refractivity contribution >= 4 is 12.6 Å². The van der Waals surface area contributed by atoms with Crippen molar-refractivity contribution in [2.24, 2.45) is 0 Å². The first kappa shape index (κ1) is 13.2. The number of aryl methyl sites for hydroxylation is 1. The summed E-state index contributed by atoms with van der Waals surface area (Å²) in [6.45, 7) is 3.79. The molecule has 0 amide bonds. The minimum absolute atomic E-state index is 0.774. The number of hydrogen-bond acceptors (Lipinski definition) is 4. The maximum absolute atomic E-state index is 5.27. The predicted octanol–water partition coefficient (Wildman–Crippen LogP) is 2.03. The van der Waals surface area contributed by atoms with Gasteiger partial charge in [0, 0.05) is 18.8 Å². The lowest BCUT2D eigenvalue weighted by atomic mass is 10.1. The van der Waals surface area contributed by atoms with Crippen molar-refractivity contribution in [1.29, 1.82) is 0 Å². The molecule has 90 valence electrons. The molecule has 1 aromatic rings. The van der Waals surface area contributed by atoms with E-state index < -0.39 is 0 Å². The van der Waals surface area contributed by atoms with Crippen LogP contribution in [0.1, 0.15) is 11.1 Å². The molecule has 0 saturated heterocycles. The maximum atomic E-state index is 5.27. The maximum Gasteiger partial charge on any atom is 0.161 e. The van der Waals surface area contributed by atoms with Crippen LogP contribution >= 0.6 is 12.6 Å². The Bertz CT molecular complexity index is 342. The van der Waals surface area contributed by atoms with Crippen molar-refractivity contribution in [2.45, 2.75) is 13.5 Å². The van der Waals surface area contributed by atoms with E-state index in [0.29, 0.717) is 0 Å². The van der Waals surface area contributed by atoms with E-state index >= 15 is 0 Å². The van der Waals surface area contributed by atoms with Crippen LogP contribution < -0.4 is 14.8 Å². The average molecular weight is 241 g/mol. The molecule has 0 bridgehead atoms. The van der Waals surface area contributed by atoms with Gasteiger partial charge in [-0.25, -0.2) is 0 Å². The molecule has 1 aromatic carbocycles. The molecule has 0 atom stereocenters. The van der Waals surface area contributed by atoms with E-state index in [9.17, 15) is 0 Å². The van der Waals surface area contributed by atoms with Gasteiger partial charge < -0.3 is 14.8 Å². The van der Waals surface area contributed by atoms with Crippen LogP contribution in [0.25, 0.3) is 0 Å². The Balaban J connectivity index is 2.84. The van der Waals surface area contributed by atoms with Crippen molar-refractivity contribution in [3.63, 3.8) is 0 Å². The van der Waals surface area contributed by atoms with Crippen molar-refractivity contribution in [3.05, 3.63) is 23.3 Å². The average Bonchev–Trinajstić information content (AvgIpc) is 2.31. The van der Waals surface area contributed by atoms with Crippen LogP contribution in [0.5, 0.6) is 11.5 Å². The summed E-state index contributed by atoms with van der Waals surface area (Å²) in [6, 6.07) is 4.01. The highest BCUT2D eigenvalue weighted by molar-refractivity contribution is 7.80. The van der Waals surface area contributed by atoms with Crippen LogP contribution in [-0.2, 0) is 6.54 Å². The summed E-state index contributed by atoms with van der Waals surface area (Å²) in [5.74, 6) is 2.39. The molecular weight excluding hydrogens is 222 g/mol. The van der Waals surface area contributed by atoms with Gasteiger partial charge in [-0.2, -0.15) is 12.6 Å². The number of methoxy groups -OCH3 is 2.